The van der Waals surface area contributed by atoms with Crippen LogP contribution in [0.3, 0.4) is 0 Å². The summed E-state index contributed by atoms with van der Waals surface area (Å²) in [5.74, 6) is -3.89. The molecule has 1 aromatic rings. The van der Waals surface area contributed by atoms with Gasteiger partial charge in [-0.3, -0.25) is 0 Å². The Morgan fingerprint density at radius 3 is 2.36 bits per heavy atom. The van der Waals surface area contributed by atoms with Gasteiger partial charge in [-0.25, -0.2) is 13.2 Å². The summed E-state index contributed by atoms with van der Waals surface area (Å²) in [7, 11) is 0. The van der Waals surface area contributed by atoms with Gasteiger partial charge < -0.3 is 5.11 Å². The van der Waals surface area contributed by atoms with Crippen molar-refractivity contribution < 1.29 is 18.3 Å². The number of hydrogen-bond acceptors (Lipinski definition) is 1. The SMILES string of the molecule is OCCCc1cc(Br)c(F)c(F)c1F. The molecule has 1 rings (SSSR count). The fourth-order valence-electron chi connectivity index (χ4n) is 1.07. The van der Waals surface area contributed by atoms with Crippen molar-refractivity contribution in [3.8, 4) is 0 Å². The van der Waals surface area contributed by atoms with Gasteiger partial charge in [-0.15, -0.1) is 0 Å². The molecule has 0 aliphatic rings. The molecule has 0 spiro atoms. The lowest BCUT2D eigenvalue weighted by atomic mass is 10.1. The van der Waals surface area contributed by atoms with Gasteiger partial charge in [0.25, 0.3) is 0 Å². The maximum atomic E-state index is 13.0. The number of hydrogen-bond donors (Lipinski definition) is 1. The van der Waals surface area contributed by atoms with Crippen molar-refractivity contribution in [1.29, 1.82) is 0 Å². The molecule has 78 valence electrons. The molecule has 0 bridgehead atoms. The topological polar surface area (TPSA) is 20.2 Å². The minimum Gasteiger partial charge on any atom is -0.396 e. The largest absolute Gasteiger partial charge is 0.396 e. The van der Waals surface area contributed by atoms with E-state index in [0.29, 0.717) is 6.42 Å². The van der Waals surface area contributed by atoms with E-state index in [0.717, 1.165) is 0 Å². The van der Waals surface area contributed by atoms with Crippen LogP contribution in [0.2, 0.25) is 0 Å². The summed E-state index contributed by atoms with van der Waals surface area (Å²) in [6.07, 6.45) is 0.493. The molecule has 0 aliphatic heterocycles. The molecule has 0 amide bonds. The third-order valence-corrected chi connectivity index (χ3v) is 2.36. The van der Waals surface area contributed by atoms with E-state index in [1.165, 1.54) is 6.07 Å². The van der Waals surface area contributed by atoms with Crippen LogP contribution >= 0.6 is 15.9 Å². The lowest BCUT2D eigenvalue weighted by Crippen LogP contribution is -2.00. The molecule has 1 nitrogen and oxygen atoms in total. The summed E-state index contributed by atoms with van der Waals surface area (Å²) >= 11 is 2.78. The van der Waals surface area contributed by atoms with E-state index >= 15 is 0 Å². The molecule has 0 fully saturated rings. The first-order valence-electron chi connectivity index (χ1n) is 4.00. The third kappa shape index (κ3) is 2.27. The highest BCUT2D eigenvalue weighted by atomic mass is 79.9. The minimum absolute atomic E-state index is 0.0600. The highest BCUT2D eigenvalue weighted by Gasteiger charge is 2.16. The molecule has 0 saturated heterocycles. The van der Waals surface area contributed by atoms with Gasteiger partial charge in [0.15, 0.2) is 17.5 Å². The summed E-state index contributed by atoms with van der Waals surface area (Å²) in [5, 5.41) is 8.51. The Balaban J connectivity index is 3.06. The molecule has 0 aromatic heterocycles. The Hall–Kier alpha value is -0.550. The van der Waals surface area contributed by atoms with Gasteiger partial charge in [-0.2, -0.15) is 0 Å². The summed E-state index contributed by atoms with van der Waals surface area (Å²) in [5.41, 5.74) is 0.0600. The van der Waals surface area contributed by atoms with E-state index in [1.54, 1.807) is 0 Å². The van der Waals surface area contributed by atoms with Gasteiger partial charge in [-0.1, -0.05) is 0 Å². The van der Waals surface area contributed by atoms with E-state index in [9.17, 15) is 13.2 Å². The molecule has 0 aliphatic carbocycles. The molecule has 0 heterocycles. The minimum atomic E-state index is -1.48. The van der Waals surface area contributed by atoms with Crippen molar-refractivity contribution in [2.45, 2.75) is 12.8 Å². The number of rotatable bonds is 3. The predicted molar refractivity (Wildman–Crippen MR) is 49.4 cm³/mol. The van der Waals surface area contributed by atoms with Crippen molar-refractivity contribution in [2.75, 3.05) is 6.61 Å². The zero-order valence-corrected chi connectivity index (χ0v) is 8.74. The number of halogens is 4. The fraction of sp³-hybridized carbons (Fsp3) is 0.333. The van der Waals surface area contributed by atoms with E-state index in [1.807, 2.05) is 0 Å². The van der Waals surface area contributed by atoms with E-state index in [2.05, 4.69) is 15.9 Å². The normalized spacial score (nSPS) is 10.6. The van der Waals surface area contributed by atoms with Crippen molar-refractivity contribution in [2.24, 2.45) is 0 Å². The van der Waals surface area contributed by atoms with Crippen molar-refractivity contribution in [3.63, 3.8) is 0 Å². The van der Waals surface area contributed by atoms with Crippen LogP contribution in [0.15, 0.2) is 10.5 Å². The van der Waals surface area contributed by atoms with E-state index < -0.39 is 17.5 Å². The Morgan fingerprint density at radius 1 is 1.14 bits per heavy atom. The predicted octanol–water partition coefficient (Wildman–Crippen LogP) is 2.79. The average Bonchev–Trinajstić information content (AvgIpc) is 2.18. The number of aliphatic hydroxyl groups is 1. The second-order valence-electron chi connectivity index (χ2n) is 2.79. The molecule has 0 unspecified atom stereocenters. The maximum Gasteiger partial charge on any atom is 0.195 e. The highest BCUT2D eigenvalue weighted by Crippen LogP contribution is 2.24. The lowest BCUT2D eigenvalue weighted by Gasteiger charge is -2.05. The smallest absolute Gasteiger partial charge is 0.195 e. The second-order valence-corrected chi connectivity index (χ2v) is 3.64. The van der Waals surface area contributed by atoms with Gasteiger partial charge >= 0.3 is 0 Å². The third-order valence-electron chi connectivity index (χ3n) is 1.78. The van der Waals surface area contributed by atoms with Crippen molar-refractivity contribution in [1.82, 2.24) is 0 Å². The summed E-state index contributed by atoms with van der Waals surface area (Å²) in [4.78, 5) is 0. The molecule has 1 N–H and O–H groups in total. The monoisotopic (exact) mass is 268 g/mol. The molecule has 14 heavy (non-hydrogen) atoms. The standard InChI is InChI=1S/C9H8BrF3O/c10-6-4-5(2-1-3-14)7(11)9(13)8(6)12/h4,14H,1-3H2. The van der Waals surface area contributed by atoms with Gasteiger partial charge in [0.1, 0.15) is 0 Å². The van der Waals surface area contributed by atoms with Crippen molar-refractivity contribution >= 4 is 15.9 Å². The van der Waals surface area contributed by atoms with Crippen LogP contribution in [0, 0.1) is 17.5 Å². The molecule has 5 heteroatoms. The first kappa shape index (κ1) is 11.5. The molecular weight excluding hydrogens is 261 g/mol. The molecule has 0 atom stereocenters. The average molecular weight is 269 g/mol. The van der Waals surface area contributed by atoms with Gasteiger partial charge in [0.05, 0.1) is 4.47 Å². The summed E-state index contributed by atoms with van der Waals surface area (Å²) in [6, 6.07) is 1.18. The van der Waals surface area contributed by atoms with Crippen LogP contribution in [-0.4, -0.2) is 11.7 Å². The fourth-order valence-corrected chi connectivity index (χ4v) is 1.52. The second kappa shape index (κ2) is 4.79. The van der Waals surface area contributed by atoms with Gasteiger partial charge in [-0.05, 0) is 40.4 Å². The zero-order chi connectivity index (χ0) is 10.7. The summed E-state index contributed by atoms with van der Waals surface area (Å²) < 4.78 is 38.6. The molecule has 0 saturated carbocycles. The van der Waals surface area contributed by atoms with Crippen LogP contribution in [0.4, 0.5) is 13.2 Å². The summed E-state index contributed by atoms with van der Waals surface area (Å²) in [6.45, 7) is -0.115. The quantitative estimate of drug-likeness (QED) is 0.660. The van der Waals surface area contributed by atoms with Crippen molar-refractivity contribution in [3.05, 3.63) is 33.6 Å². The van der Waals surface area contributed by atoms with E-state index in [-0.39, 0.29) is 23.1 Å². The number of benzene rings is 1. The first-order chi connectivity index (χ1) is 6.57. The zero-order valence-electron chi connectivity index (χ0n) is 7.16. The Bertz CT molecular complexity index is 341. The Morgan fingerprint density at radius 2 is 1.79 bits per heavy atom. The molecule has 1 aromatic carbocycles. The molecular formula is C9H8BrF3O. The van der Waals surface area contributed by atoms with Crippen LogP contribution in [0.5, 0.6) is 0 Å². The number of aryl methyl sites for hydroxylation is 1. The van der Waals surface area contributed by atoms with Gasteiger partial charge in [0.2, 0.25) is 0 Å². The van der Waals surface area contributed by atoms with Crippen LogP contribution in [0.1, 0.15) is 12.0 Å². The van der Waals surface area contributed by atoms with Crippen LogP contribution < -0.4 is 0 Å². The highest BCUT2D eigenvalue weighted by molar-refractivity contribution is 9.10. The molecule has 0 radical (unpaired) electrons. The number of aliphatic hydroxyl groups excluding tert-OH is 1. The first-order valence-corrected chi connectivity index (χ1v) is 4.80. The lowest BCUT2D eigenvalue weighted by molar-refractivity contribution is 0.287. The van der Waals surface area contributed by atoms with Gasteiger partial charge in [0, 0.05) is 6.61 Å². The van der Waals surface area contributed by atoms with Crippen LogP contribution in [-0.2, 0) is 6.42 Å². The van der Waals surface area contributed by atoms with Crippen LogP contribution in [0.25, 0.3) is 0 Å². The Kier molecular flexibility index (Phi) is 3.95. The Labute approximate surface area is 87.7 Å². The van der Waals surface area contributed by atoms with E-state index in [4.69, 9.17) is 5.11 Å². The maximum absolute atomic E-state index is 13.0.